The number of benzene rings is 1. The number of carbonyl (C=O) groups excluding carboxylic acids is 1. The van der Waals surface area contributed by atoms with Gasteiger partial charge in [-0.1, -0.05) is 0 Å². The molecule has 0 spiro atoms. The number of amides is 1. The Bertz CT molecular complexity index is 602. The lowest BCUT2D eigenvalue weighted by Gasteiger charge is -2.07. The van der Waals surface area contributed by atoms with Crippen LogP contribution in [-0.4, -0.2) is 23.0 Å². The molecular formula is C12H10BrN3O3. The Hall–Kier alpha value is -2.15. The highest BCUT2D eigenvalue weighted by Crippen LogP contribution is 2.25. The third kappa shape index (κ3) is 3.41. The van der Waals surface area contributed by atoms with Crippen LogP contribution in [0.1, 0.15) is 10.4 Å². The quantitative estimate of drug-likeness (QED) is 0.931. The lowest BCUT2D eigenvalue weighted by Crippen LogP contribution is -2.11. The fraction of sp³-hybridized carbons (Fsp3) is 0.0833. The molecule has 6 nitrogen and oxygen atoms in total. The SMILES string of the molecule is COc1cc(Oc2ncc(Br)cn2)cc(C(N)=O)c1. The number of methoxy groups -OCH3 is 1. The summed E-state index contributed by atoms with van der Waals surface area (Å²) in [5, 5.41) is 0. The Balaban J connectivity index is 2.31. The Morgan fingerprint density at radius 1 is 1.21 bits per heavy atom. The maximum Gasteiger partial charge on any atom is 0.321 e. The average Bonchev–Trinajstić information content (AvgIpc) is 2.41. The molecule has 2 rings (SSSR count). The van der Waals surface area contributed by atoms with Gasteiger partial charge in [0.05, 0.1) is 11.6 Å². The maximum absolute atomic E-state index is 11.2. The van der Waals surface area contributed by atoms with Crippen molar-refractivity contribution >= 4 is 21.8 Å². The van der Waals surface area contributed by atoms with Crippen LogP contribution in [0.2, 0.25) is 0 Å². The number of hydrogen-bond donors (Lipinski definition) is 1. The lowest BCUT2D eigenvalue weighted by atomic mass is 10.2. The molecule has 1 heterocycles. The van der Waals surface area contributed by atoms with E-state index in [1.807, 2.05) is 0 Å². The van der Waals surface area contributed by atoms with E-state index in [1.165, 1.54) is 19.2 Å². The summed E-state index contributed by atoms with van der Waals surface area (Å²) < 4.78 is 11.2. The lowest BCUT2D eigenvalue weighted by molar-refractivity contribution is 0.0999. The molecule has 0 aliphatic heterocycles. The van der Waals surface area contributed by atoms with Gasteiger partial charge in [0.25, 0.3) is 0 Å². The third-order valence-electron chi connectivity index (χ3n) is 2.21. The van der Waals surface area contributed by atoms with Crippen LogP contribution in [0.3, 0.4) is 0 Å². The summed E-state index contributed by atoms with van der Waals surface area (Å²) in [5.41, 5.74) is 5.52. The summed E-state index contributed by atoms with van der Waals surface area (Å²) in [5.74, 6) is 0.263. The molecule has 0 unspecified atom stereocenters. The number of nitrogens with two attached hydrogens (primary N) is 1. The van der Waals surface area contributed by atoms with E-state index in [-0.39, 0.29) is 11.6 Å². The summed E-state index contributed by atoms with van der Waals surface area (Å²) >= 11 is 3.22. The average molecular weight is 324 g/mol. The van der Waals surface area contributed by atoms with Crippen LogP contribution in [0.5, 0.6) is 17.5 Å². The van der Waals surface area contributed by atoms with Crippen LogP contribution >= 0.6 is 15.9 Å². The highest BCUT2D eigenvalue weighted by atomic mass is 79.9. The second-order valence-corrected chi connectivity index (χ2v) is 4.46. The molecule has 1 aromatic carbocycles. The van der Waals surface area contributed by atoms with E-state index in [2.05, 4.69) is 25.9 Å². The van der Waals surface area contributed by atoms with Crippen molar-refractivity contribution in [3.63, 3.8) is 0 Å². The van der Waals surface area contributed by atoms with Gasteiger partial charge in [0.1, 0.15) is 11.5 Å². The molecule has 0 aliphatic carbocycles. The minimum absolute atomic E-state index is 0.159. The zero-order chi connectivity index (χ0) is 13.8. The van der Waals surface area contributed by atoms with E-state index < -0.39 is 5.91 Å². The highest BCUT2D eigenvalue weighted by molar-refractivity contribution is 9.10. The smallest absolute Gasteiger partial charge is 0.321 e. The molecule has 1 aromatic heterocycles. The van der Waals surface area contributed by atoms with Gasteiger partial charge in [-0.2, -0.15) is 0 Å². The molecule has 0 fully saturated rings. The first-order valence-corrected chi connectivity index (χ1v) is 6.02. The molecule has 7 heteroatoms. The molecule has 0 atom stereocenters. The zero-order valence-corrected chi connectivity index (χ0v) is 11.5. The number of hydrogen-bond acceptors (Lipinski definition) is 5. The van der Waals surface area contributed by atoms with Crippen LogP contribution in [0, 0.1) is 0 Å². The van der Waals surface area contributed by atoms with Crippen molar-refractivity contribution in [2.75, 3.05) is 7.11 Å². The van der Waals surface area contributed by atoms with Crippen molar-refractivity contribution in [2.45, 2.75) is 0 Å². The Morgan fingerprint density at radius 2 is 1.84 bits per heavy atom. The second kappa shape index (κ2) is 5.66. The van der Waals surface area contributed by atoms with Gasteiger partial charge in [-0.25, -0.2) is 9.97 Å². The van der Waals surface area contributed by atoms with Gasteiger partial charge in [0.15, 0.2) is 0 Å². The number of primary amides is 1. The Kier molecular flexibility index (Phi) is 3.96. The molecule has 19 heavy (non-hydrogen) atoms. The number of halogens is 1. The highest BCUT2D eigenvalue weighted by Gasteiger charge is 2.08. The van der Waals surface area contributed by atoms with E-state index >= 15 is 0 Å². The van der Waals surface area contributed by atoms with Crippen LogP contribution in [0.4, 0.5) is 0 Å². The minimum atomic E-state index is -0.569. The van der Waals surface area contributed by atoms with Gasteiger partial charge >= 0.3 is 6.01 Å². The van der Waals surface area contributed by atoms with Crippen molar-refractivity contribution < 1.29 is 14.3 Å². The summed E-state index contributed by atoms with van der Waals surface area (Å²) in [6.07, 6.45) is 3.11. The van der Waals surface area contributed by atoms with Crippen molar-refractivity contribution in [2.24, 2.45) is 5.73 Å². The van der Waals surface area contributed by atoms with Crippen LogP contribution in [0.15, 0.2) is 35.1 Å². The van der Waals surface area contributed by atoms with Crippen LogP contribution in [0.25, 0.3) is 0 Å². The van der Waals surface area contributed by atoms with Gasteiger partial charge in [0, 0.05) is 24.0 Å². The van der Waals surface area contributed by atoms with E-state index in [4.69, 9.17) is 15.2 Å². The van der Waals surface area contributed by atoms with Gasteiger partial charge in [-0.05, 0) is 28.1 Å². The van der Waals surface area contributed by atoms with E-state index in [0.717, 1.165) is 4.47 Å². The standard InChI is InChI=1S/C12H10BrN3O3/c1-18-9-2-7(11(14)17)3-10(4-9)19-12-15-5-8(13)6-16-12/h2-6H,1H3,(H2,14,17). The molecule has 0 saturated heterocycles. The molecule has 0 aliphatic rings. The number of ether oxygens (including phenoxy) is 2. The van der Waals surface area contributed by atoms with Gasteiger partial charge < -0.3 is 15.2 Å². The first-order valence-electron chi connectivity index (χ1n) is 5.23. The second-order valence-electron chi connectivity index (χ2n) is 3.55. The van der Waals surface area contributed by atoms with Crippen molar-refractivity contribution in [1.29, 1.82) is 0 Å². The van der Waals surface area contributed by atoms with E-state index in [1.54, 1.807) is 18.5 Å². The van der Waals surface area contributed by atoms with E-state index in [9.17, 15) is 4.79 Å². The summed E-state index contributed by atoms with van der Waals surface area (Å²) in [4.78, 5) is 19.1. The number of rotatable bonds is 4. The molecule has 98 valence electrons. The molecule has 1 amide bonds. The fourth-order valence-electron chi connectivity index (χ4n) is 1.35. The predicted octanol–water partition coefficient (Wildman–Crippen LogP) is 2.14. The van der Waals surface area contributed by atoms with Crippen molar-refractivity contribution in [3.05, 3.63) is 40.6 Å². The normalized spacial score (nSPS) is 10.0. The minimum Gasteiger partial charge on any atom is -0.497 e. The maximum atomic E-state index is 11.2. The largest absolute Gasteiger partial charge is 0.497 e. The topological polar surface area (TPSA) is 87.3 Å². The molecule has 0 saturated carbocycles. The summed E-state index contributed by atoms with van der Waals surface area (Å²) in [6.45, 7) is 0. The number of nitrogens with zero attached hydrogens (tertiary/aromatic N) is 2. The van der Waals surface area contributed by atoms with Crippen molar-refractivity contribution in [3.8, 4) is 17.5 Å². The zero-order valence-electron chi connectivity index (χ0n) is 9.96. The van der Waals surface area contributed by atoms with Crippen LogP contribution < -0.4 is 15.2 Å². The molecule has 2 N–H and O–H groups in total. The number of aromatic nitrogens is 2. The fourth-order valence-corrected chi connectivity index (χ4v) is 1.55. The first kappa shape index (κ1) is 13.3. The number of carbonyl (C=O) groups is 1. The predicted molar refractivity (Wildman–Crippen MR) is 71.3 cm³/mol. The summed E-state index contributed by atoms with van der Waals surface area (Å²) in [7, 11) is 1.49. The summed E-state index contributed by atoms with van der Waals surface area (Å²) in [6, 6.07) is 4.79. The molecule has 0 radical (unpaired) electrons. The van der Waals surface area contributed by atoms with Crippen molar-refractivity contribution in [1.82, 2.24) is 9.97 Å². The molecule has 0 bridgehead atoms. The Labute approximate surface area is 117 Å². The first-order chi connectivity index (χ1) is 9.08. The van der Waals surface area contributed by atoms with Crippen LogP contribution in [-0.2, 0) is 0 Å². The van der Waals surface area contributed by atoms with Gasteiger partial charge in [-0.15, -0.1) is 0 Å². The Morgan fingerprint density at radius 3 is 2.42 bits per heavy atom. The molecular weight excluding hydrogens is 314 g/mol. The van der Waals surface area contributed by atoms with Gasteiger partial charge in [-0.3, -0.25) is 4.79 Å². The third-order valence-corrected chi connectivity index (χ3v) is 2.62. The van der Waals surface area contributed by atoms with Gasteiger partial charge in [0.2, 0.25) is 5.91 Å². The van der Waals surface area contributed by atoms with E-state index in [0.29, 0.717) is 11.5 Å². The monoisotopic (exact) mass is 323 g/mol. The molecule has 2 aromatic rings.